The van der Waals surface area contributed by atoms with Gasteiger partial charge in [0, 0.05) is 32.9 Å². The molecule has 4 rings (SSSR count). The van der Waals surface area contributed by atoms with Crippen molar-refractivity contribution in [3.05, 3.63) is 35.4 Å². The van der Waals surface area contributed by atoms with Gasteiger partial charge in [-0.3, -0.25) is 9.48 Å². The molecular weight excluding hydrogens is 320 g/mol. The maximum Gasteiger partial charge on any atom is 0.274 e. The smallest absolute Gasteiger partial charge is 0.274 e. The Morgan fingerprint density at radius 3 is 2.64 bits per heavy atom. The Morgan fingerprint density at radius 1 is 1.20 bits per heavy atom. The summed E-state index contributed by atoms with van der Waals surface area (Å²) in [5.41, 5.74) is 2.19. The first-order valence-corrected chi connectivity index (χ1v) is 8.16. The van der Waals surface area contributed by atoms with E-state index in [9.17, 15) is 4.79 Å². The largest absolute Gasteiger partial charge is 0.351 e. The summed E-state index contributed by atoms with van der Waals surface area (Å²) in [7, 11) is 3.67. The number of carbonyl (C=O) groups is 1. The summed E-state index contributed by atoms with van der Waals surface area (Å²) in [6.07, 6.45) is 0. The maximum absolute atomic E-state index is 12.6. The van der Waals surface area contributed by atoms with Crippen LogP contribution in [0.3, 0.4) is 0 Å². The number of anilines is 1. The molecule has 0 aliphatic carbocycles. The third-order valence-corrected chi connectivity index (χ3v) is 4.79. The molecule has 1 aliphatic rings. The van der Waals surface area contributed by atoms with Crippen molar-refractivity contribution in [2.45, 2.75) is 19.9 Å². The van der Waals surface area contributed by atoms with Gasteiger partial charge in [-0.2, -0.15) is 9.61 Å². The van der Waals surface area contributed by atoms with Crippen LogP contribution in [0.25, 0.3) is 5.65 Å². The van der Waals surface area contributed by atoms with Crippen molar-refractivity contribution in [3.63, 3.8) is 0 Å². The van der Waals surface area contributed by atoms with Gasteiger partial charge in [0.2, 0.25) is 0 Å². The topological polar surface area (TPSA) is 84.5 Å². The van der Waals surface area contributed by atoms with Crippen LogP contribution in [0.5, 0.6) is 0 Å². The number of aryl methyl sites for hydroxylation is 3. The quantitative estimate of drug-likeness (QED) is 0.688. The van der Waals surface area contributed by atoms with Crippen molar-refractivity contribution in [1.29, 1.82) is 0 Å². The van der Waals surface area contributed by atoms with Crippen molar-refractivity contribution in [2.24, 2.45) is 7.05 Å². The van der Waals surface area contributed by atoms with Crippen LogP contribution in [0.4, 0.5) is 5.82 Å². The molecule has 0 N–H and O–H groups in total. The van der Waals surface area contributed by atoms with E-state index >= 15 is 0 Å². The molecule has 0 spiro atoms. The van der Waals surface area contributed by atoms with Crippen molar-refractivity contribution >= 4 is 17.4 Å². The standard InChI is InChI=1S/C16H20N8O/c1-10-7-13(19-22(10)4)16(25)21(3)12-8-23(9-12)15-6-5-14-18-17-11(2)24(14)20-15/h5-7,12H,8-9H2,1-4H3. The maximum atomic E-state index is 12.6. The number of hydrogen-bond acceptors (Lipinski definition) is 6. The van der Waals surface area contributed by atoms with Gasteiger partial charge in [-0.1, -0.05) is 0 Å². The second-order valence-electron chi connectivity index (χ2n) is 6.48. The van der Waals surface area contributed by atoms with Gasteiger partial charge >= 0.3 is 0 Å². The Morgan fingerprint density at radius 2 is 1.96 bits per heavy atom. The van der Waals surface area contributed by atoms with Gasteiger partial charge in [0.1, 0.15) is 5.82 Å². The first-order chi connectivity index (χ1) is 11.9. The molecule has 0 unspecified atom stereocenters. The van der Waals surface area contributed by atoms with E-state index < -0.39 is 0 Å². The molecule has 0 atom stereocenters. The molecule has 3 aromatic heterocycles. The summed E-state index contributed by atoms with van der Waals surface area (Å²) >= 11 is 0. The average molecular weight is 340 g/mol. The lowest BCUT2D eigenvalue weighted by Gasteiger charge is -2.44. The zero-order chi connectivity index (χ0) is 17.7. The van der Waals surface area contributed by atoms with E-state index in [-0.39, 0.29) is 11.9 Å². The number of fused-ring (bicyclic) bond motifs is 1. The summed E-state index contributed by atoms with van der Waals surface area (Å²) in [4.78, 5) is 16.5. The molecule has 0 saturated carbocycles. The van der Waals surface area contributed by atoms with E-state index in [4.69, 9.17) is 0 Å². The first kappa shape index (κ1) is 15.6. The molecule has 1 amide bonds. The number of carbonyl (C=O) groups excluding carboxylic acids is 1. The van der Waals surface area contributed by atoms with Crippen molar-refractivity contribution in [2.75, 3.05) is 25.0 Å². The van der Waals surface area contributed by atoms with Crippen LogP contribution in [0, 0.1) is 13.8 Å². The van der Waals surface area contributed by atoms with Crippen LogP contribution < -0.4 is 4.90 Å². The van der Waals surface area contributed by atoms with Crippen LogP contribution in [0.15, 0.2) is 18.2 Å². The van der Waals surface area contributed by atoms with E-state index in [2.05, 4.69) is 25.3 Å². The normalized spacial score (nSPS) is 14.8. The molecule has 25 heavy (non-hydrogen) atoms. The van der Waals surface area contributed by atoms with Gasteiger partial charge < -0.3 is 9.80 Å². The number of aromatic nitrogens is 6. The third-order valence-electron chi connectivity index (χ3n) is 4.79. The number of nitrogens with zero attached hydrogens (tertiary/aromatic N) is 8. The SMILES string of the molecule is Cc1cc(C(=O)N(C)C2CN(c3ccc4nnc(C)n4n3)C2)nn1C. The van der Waals surface area contributed by atoms with E-state index in [0.29, 0.717) is 5.69 Å². The molecule has 1 fully saturated rings. The lowest BCUT2D eigenvalue weighted by Crippen LogP contribution is -2.60. The van der Waals surface area contributed by atoms with Gasteiger partial charge in [0.15, 0.2) is 17.2 Å². The summed E-state index contributed by atoms with van der Waals surface area (Å²) in [5, 5.41) is 16.9. The second kappa shape index (κ2) is 5.54. The predicted octanol–water partition coefficient (Wildman–Crippen LogP) is 0.435. The number of rotatable bonds is 3. The fourth-order valence-electron chi connectivity index (χ4n) is 2.95. The Hall–Kier alpha value is -2.97. The van der Waals surface area contributed by atoms with Crippen LogP contribution in [0.1, 0.15) is 22.0 Å². The number of likely N-dealkylation sites (N-methyl/N-ethyl adjacent to an activating group) is 1. The minimum atomic E-state index is -0.0496. The highest BCUT2D eigenvalue weighted by Crippen LogP contribution is 2.22. The van der Waals surface area contributed by atoms with Crippen LogP contribution in [-0.2, 0) is 7.05 Å². The molecule has 9 nitrogen and oxygen atoms in total. The highest BCUT2D eigenvalue weighted by Gasteiger charge is 2.34. The molecule has 9 heteroatoms. The number of amides is 1. The van der Waals surface area contributed by atoms with Crippen molar-refractivity contribution < 1.29 is 4.79 Å². The van der Waals surface area contributed by atoms with E-state index in [1.54, 1.807) is 14.1 Å². The molecule has 1 aliphatic heterocycles. The van der Waals surface area contributed by atoms with Crippen molar-refractivity contribution in [3.8, 4) is 0 Å². The average Bonchev–Trinajstić information content (AvgIpc) is 3.08. The zero-order valence-electron chi connectivity index (χ0n) is 14.7. The Bertz CT molecular complexity index is 933. The van der Waals surface area contributed by atoms with Crippen molar-refractivity contribution in [1.82, 2.24) is 34.5 Å². The molecule has 0 aromatic carbocycles. The van der Waals surface area contributed by atoms with E-state index in [0.717, 1.165) is 36.1 Å². The fourth-order valence-corrected chi connectivity index (χ4v) is 2.95. The molecule has 3 aromatic rings. The lowest BCUT2D eigenvalue weighted by molar-refractivity contribution is 0.0698. The Labute approximate surface area is 144 Å². The van der Waals surface area contributed by atoms with Crippen LogP contribution in [0.2, 0.25) is 0 Å². The van der Waals surface area contributed by atoms with Gasteiger partial charge in [-0.15, -0.1) is 15.3 Å². The highest BCUT2D eigenvalue weighted by molar-refractivity contribution is 5.92. The minimum absolute atomic E-state index is 0.0496. The summed E-state index contributed by atoms with van der Waals surface area (Å²) in [6.45, 7) is 5.29. The van der Waals surface area contributed by atoms with Crippen LogP contribution in [-0.4, -0.2) is 66.6 Å². The zero-order valence-corrected chi connectivity index (χ0v) is 14.7. The minimum Gasteiger partial charge on any atom is -0.351 e. The molecule has 0 bridgehead atoms. The molecule has 1 saturated heterocycles. The third kappa shape index (κ3) is 2.51. The second-order valence-corrected chi connectivity index (χ2v) is 6.48. The predicted molar refractivity (Wildman–Crippen MR) is 91.6 cm³/mol. The summed E-state index contributed by atoms with van der Waals surface area (Å²) in [5.74, 6) is 1.57. The monoisotopic (exact) mass is 340 g/mol. The van der Waals surface area contributed by atoms with Gasteiger partial charge in [-0.25, -0.2) is 0 Å². The molecule has 130 valence electrons. The van der Waals surface area contributed by atoms with Gasteiger partial charge in [0.25, 0.3) is 5.91 Å². The summed E-state index contributed by atoms with van der Waals surface area (Å²) in [6, 6.07) is 5.80. The van der Waals surface area contributed by atoms with Gasteiger partial charge in [0.05, 0.1) is 6.04 Å². The summed E-state index contributed by atoms with van der Waals surface area (Å²) < 4.78 is 3.45. The van der Waals surface area contributed by atoms with E-state index in [1.807, 2.05) is 46.1 Å². The Kier molecular flexibility index (Phi) is 3.45. The Balaban J connectivity index is 1.45. The fraction of sp³-hybridized carbons (Fsp3) is 0.438. The lowest BCUT2D eigenvalue weighted by atomic mass is 10.1. The molecule has 0 radical (unpaired) electrons. The molecule has 4 heterocycles. The van der Waals surface area contributed by atoms with Crippen LogP contribution >= 0.6 is 0 Å². The number of hydrogen-bond donors (Lipinski definition) is 0. The van der Waals surface area contributed by atoms with E-state index in [1.165, 1.54) is 0 Å². The first-order valence-electron chi connectivity index (χ1n) is 8.16. The molecular formula is C16H20N8O. The van der Waals surface area contributed by atoms with Gasteiger partial charge in [-0.05, 0) is 32.0 Å². The highest BCUT2D eigenvalue weighted by atomic mass is 16.2.